The Bertz CT molecular complexity index is 555. The number of hydrogen-bond acceptors (Lipinski definition) is 2. The van der Waals surface area contributed by atoms with Gasteiger partial charge in [-0.05, 0) is 46.7 Å². The zero-order valence-electron chi connectivity index (χ0n) is 9.45. The highest BCUT2D eigenvalue weighted by molar-refractivity contribution is 14.1. The van der Waals surface area contributed by atoms with Crippen LogP contribution in [-0.4, -0.2) is 12.5 Å². The van der Waals surface area contributed by atoms with E-state index in [0.717, 1.165) is 2.88 Å². The summed E-state index contributed by atoms with van der Waals surface area (Å²) in [6.07, 6.45) is 0.500. The van der Waals surface area contributed by atoms with Gasteiger partial charge in [-0.15, -0.1) is 11.3 Å². The zero-order valence-corrected chi connectivity index (χ0v) is 12.4. The number of carbonyl (C=O) groups excluding carboxylic acids is 1. The predicted molar refractivity (Wildman–Crippen MR) is 79.5 cm³/mol. The van der Waals surface area contributed by atoms with Crippen LogP contribution < -0.4 is 5.32 Å². The maximum atomic E-state index is 13.3. The van der Waals surface area contributed by atoms with E-state index in [9.17, 15) is 9.18 Å². The highest BCUT2D eigenvalue weighted by Crippen LogP contribution is 2.16. The summed E-state index contributed by atoms with van der Waals surface area (Å²) in [7, 11) is 0. The summed E-state index contributed by atoms with van der Waals surface area (Å²) in [6.45, 7) is 0.437. The second kappa shape index (κ2) is 6.29. The second-order valence-electron chi connectivity index (χ2n) is 3.74. The molecule has 0 saturated carbocycles. The number of nitrogens with one attached hydrogen (secondary N) is 1. The van der Waals surface area contributed by atoms with E-state index in [1.165, 1.54) is 17.4 Å². The van der Waals surface area contributed by atoms with E-state index in [2.05, 4.69) is 27.9 Å². The average Bonchev–Trinajstić information content (AvgIpc) is 2.78. The van der Waals surface area contributed by atoms with Crippen LogP contribution in [0, 0.1) is 8.70 Å². The molecular weight excluding hydrogens is 364 g/mol. The largest absolute Gasteiger partial charge is 0.352 e. The molecule has 0 aliphatic carbocycles. The fraction of sp³-hybridized carbons (Fsp3) is 0.154. The Morgan fingerprint density at radius 3 is 2.83 bits per heavy atom. The van der Waals surface area contributed by atoms with Crippen molar-refractivity contribution < 1.29 is 9.18 Å². The third-order valence-electron chi connectivity index (χ3n) is 2.47. The maximum Gasteiger partial charge on any atom is 0.252 e. The Morgan fingerprint density at radius 1 is 1.39 bits per heavy atom. The maximum absolute atomic E-state index is 13.3. The van der Waals surface area contributed by atoms with Crippen LogP contribution in [0.4, 0.5) is 4.39 Å². The lowest BCUT2D eigenvalue weighted by molar-refractivity contribution is 0.0954. The first-order valence-electron chi connectivity index (χ1n) is 5.42. The van der Waals surface area contributed by atoms with Gasteiger partial charge in [0.25, 0.3) is 5.91 Å². The van der Waals surface area contributed by atoms with Crippen molar-refractivity contribution in [3.8, 4) is 0 Å². The molecule has 94 valence electrons. The number of rotatable bonds is 4. The molecule has 0 aliphatic rings. The third-order valence-corrected chi connectivity index (χ3v) is 4.26. The Balaban J connectivity index is 1.86. The second-order valence-corrected chi connectivity index (χ2v) is 6.54. The molecule has 0 bridgehead atoms. The van der Waals surface area contributed by atoms with Gasteiger partial charge in [-0.3, -0.25) is 4.79 Å². The lowest BCUT2D eigenvalue weighted by Gasteiger charge is -2.04. The van der Waals surface area contributed by atoms with Crippen LogP contribution in [-0.2, 0) is 6.42 Å². The average molecular weight is 375 g/mol. The smallest absolute Gasteiger partial charge is 0.252 e. The van der Waals surface area contributed by atoms with Crippen LogP contribution >= 0.6 is 33.9 Å². The molecular formula is C13H11FINOS. The molecule has 1 amide bonds. The summed E-state index contributed by atoms with van der Waals surface area (Å²) in [4.78, 5) is 11.7. The van der Waals surface area contributed by atoms with Gasteiger partial charge in [0.2, 0.25) is 0 Å². The molecule has 0 unspecified atom stereocenters. The number of halogens is 2. The lowest BCUT2D eigenvalue weighted by atomic mass is 10.1. The minimum absolute atomic E-state index is 0.106. The van der Waals surface area contributed by atoms with Crippen molar-refractivity contribution >= 4 is 39.8 Å². The Kier molecular flexibility index (Phi) is 4.71. The van der Waals surface area contributed by atoms with E-state index >= 15 is 0 Å². The van der Waals surface area contributed by atoms with Crippen LogP contribution in [0.25, 0.3) is 0 Å². The molecule has 0 aliphatic heterocycles. The fourth-order valence-corrected chi connectivity index (χ4v) is 2.87. The summed E-state index contributed by atoms with van der Waals surface area (Å²) >= 11 is 3.71. The van der Waals surface area contributed by atoms with Gasteiger partial charge in [0.1, 0.15) is 5.82 Å². The first kappa shape index (κ1) is 13.5. The van der Waals surface area contributed by atoms with Gasteiger partial charge in [0, 0.05) is 11.9 Å². The van der Waals surface area contributed by atoms with E-state index in [4.69, 9.17) is 0 Å². The van der Waals surface area contributed by atoms with E-state index < -0.39 is 0 Å². The molecule has 2 aromatic rings. The summed E-state index contributed by atoms with van der Waals surface area (Å²) < 4.78 is 14.4. The van der Waals surface area contributed by atoms with E-state index in [-0.39, 0.29) is 11.7 Å². The Morgan fingerprint density at radius 2 is 2.17 bits per heavy atom. The van der Waals surface area contributed by atoms with E-state index in [0.29, 0.717) is 24.1 Å². The normalized spacial score (nSPS) is 10.3. The van der Waals surface area contributed by atoms with Gasteiger partial charge in [0.15, 0.2) is 0 Å². The highest BCUT2D eigenvalue weighted by Gasteiger charge is 2.07. The molecule has 1 heterocycles. The molecule has 0 atom stereocenters. The molecule has 0 spiro atoms. The van der Waals surface area contributed by atoms with Crippen LogP contribution in [0.2, 0.25) is 0 Å². The predicted octanol–water partition coefficient (Wildman–Crippen LogP) is 3.46. The summed E-state index contributed by atoms with van der Waals surface area (Å²) in [6, 6.07) is 8.45. The molecule has 1 aromatic heterocycles. The minimum Gasteiger partial charge on any atom is -0.352 e. The van der Waals surface area contributed by atoms with Crippen molar-refractivity contribution in [1.29, 1.82) is 0 Å². The van der Waals surface area contributed by atoms with Crippen molar-refractivity contribution in [3.05, 3.63) is 55.5 Å². The van der Waals surface area contributed by atoms with Crippen molar-refractivity contribution in [2.45, 2.75) is 6.42 Å². The summed E-state index contributed by atoms with van der Waals surface area (Å²) in [5.41, 5.74) is 1.29. The van der Waals surface area contributed by atoms with Crippen LogP contribution in [0.3, 0.4) is 0 Å². The molecule has 2 nitrogen and oxygen atoms in total. The number of carbonyl (C=O) groups is 1. The van der Waals surface area contributed by atoms with Crippen LogP contribution in [0.1, 0.15) is 15.9 Å². The van der Waals surface area contributed by atoms with Crippen LogP contribution in [0.15, 0.2) is 35.7 Å². The Labute approximate surface area is 122 Å². The molecule has 0 saturated heterocycles. The SMILES string of the molecule is O=C(NCCc1ccccc1F)c1csc(I)c1. The topological polar surface area (TPSA) is 29.1 Å². The fourth-order valence-electron chi connectivity index (χ4n) is 1.54. The first-order valence-corrected chi connectivity index (χ1v) is 7.38. The zero-order chi connectivity index (χ0) is 13.0. The molecule has 18 heavy (non-hydrogen) atoms. The number of hydrogen-bond donors (Lipinski definition) is 1. The molecule has 1 aromatic carbocycles. The minimum atomic E-state index is -0.225. The Hall–Kier alpha value is -0.950. The monoisotopic (exact) mass is 375 g/mol. The van der Waals surface area contributed by atoms with Gasteiger partial charge >= 0.3 is 0 Å². The van der Waals surface area contributed by atoms with Crippen molar-refractivity contribution in [2.24, 2.45) is 0 Å². The van der Waals surface area contributed by atoms with Gasteiger partial charge in [-0.1, -0.05) is 18.2 Å². The van der Waals surface area contributed by atoms with E-state index in [1.54, 1.807) is 18.2 Å². The van der Waals surface area contributed by atoms with Gasteiger partial charge in [-0.25, -0.2) is 4.39 Å². The number of thiophene rings is 1. The highest BCUT2D eigenvalue weighted by atomic mass is 127. The van der Waals surface area contributed by atoms with Gasteiger partial charge in [0.05, 0.1) is 8.45 Å². The van der Waals surface area contributed by atoms with Crippen molar-refractivity contribution in [3.63, 3.8) is 0 Å². The third kappa shape index (κ3) is 3.52. The summed E-state index contributed by atoms with van der Waals surface area (Å²) in [5, 5.41) is 4.61. The standard InChI is InChI=1S/C13H11FINOS/c14-11-4-2-1-3-9(11)5-6-16-13(17)10-7-12(15)18-8-10/h1-4,7-8H,5-6H2,(H,16,17). The molecule has 2 rings (SSSR count). The quantitative estimate of drug-likeness (QED) is 0.815. The first-order chi connectivity index (χ1) is 8.66. The van der Waals surface area contributed by atoms with Crippen molar-refractivity contribution in [1.82, 2.24) is 5.32 Å². The van der Waals surface area contributed by atoms with Gasteiger partial charge in [-0.2, -0.15) is 0 Å². The lowest BCUT2D eigenvalue weighted by Crippen LogP contribution is -2.25. The molecule has 1 N–H and O–H groups in total. The number of amides is 1. The summed E-state index contributed by atoms with van der Waals surface area (Å²) in [5.74, 6) is -0.331. The molecule has 0 radical (unpaired) electrons. The van der Waals surface area contributed by atoms with Crippen molar-refractivity contribution in [2.75, 3.05) is 6.54 Å². The number of benzene rings is 1. The molecule has 0 fully saturated rings. The van der Waals surface area contributed by atoms with Crippen LogP contribution in [0.5, 0.6) is 0 Å². The van der Waals surface area contributed by atoms with E-state index in [1.807, 2.05) is 11.4 Å². The van der Waals surface area contributed by atoms with Gasteiger partial charge < -0.3 is 5.32 Å². The molecule has 5 heteroatoms.